The summed E-state index contributed by atoms with van der Waals surface area (Å²) >= 11 is 0. The van der Waals surface area contributed by atoms with Crippen LogP contribution in [0, 0.1) is 0 Å². The van der Waals surface area contributed by atoms with Gasteiger partial charge in [0.25, 0.3) is 0 Å². The summed E-state index contributed by atoms with van der Waals surface area (Å²) in [6.07, 6.45) is 14.7. The summed E-state index contributed by atoms with van der Waals surface area (Å²) in [5, 5.41) is 7.19. The van der Waals surface area contributed by atoms with Crippen LogP contribution in [0.25, 0.3) is 0 Å². The minimum atomic E-state index is 0.127. The maximum Gasteiger partial charge on any atom is 0.111 e. The molecule has 0 aliphatic rings. The average Bonchev–Trinajstić information content (AvgIpc) is 2.74. The van der Waals surface area contributed by atoms with Crippen LogP contribution in [0.1, 0.15) is 86.0 Å². The van der Waals surface area contributed by atoms with E-state index in [0.717, 1.165) is 64.5 Å². The van der Waals surface area contributed by atoms with Gasteiger partial charge in [-0.15, -0.1) is 6.58 Å². The van der Waals surface area contributed by atoms with E-state index >= 15 is 0 Å². The minimum absolute atomic E-state index is 0.127. The van der Waals surface area contributed by atoms with Gasteiger partial charge in [0.2, 0.25) is 0 Å². The van der Waals surface area contributed by atoms with Crippen molar-refractivity contribution in [3.05, 3.63) is 24.4 Å². The van der Waals surface area contributed by atoms with Crippen molar-refractivity contribution in [1.29, 1.82) is 0 Å². The second-order valence-corrected chi connectivity index (χ2v) is 7.49. The first kappa shape index (κ1) is 27.4. The summed E-state index contributed by atoms with van der Waals surface area (Å²) in [6, 6.07) is 0.731. The summed E-state index contributed by atoms with van der Waals surface area (Å²) in [5.41, 5.74) is 7.48. The Morgan fingerprint density at radius 3 is 2.28 bits per heavy atom. The maximum atomic E-state index is 6.14. The molecule has 0 bridgehead atoms. The number of amidine groups is 1. The molecule has 0 radical (unpaired) electrons. The van der Waals surface area contributed by atoms with Crippen LogP contribution in [0.2, 0.25) is 0 Å². The molecule has 0 aromatic carbocycles. The molecule has 0 saturated heterocycles. The molecular formula is C24H47N5. The van der Waals surface area contributed by atoms with Gasteiger partial charge in [-0.1, -0.05) is 46.8 Å². The molecule has 0 aliphatic heterocycles. The Morgan fingerprint density at radius 2 is 1.72 bits per heavy atom. The van der Waals surface area contributed by atoms with Crippen molar-refractivity contribution in [2.45, 2.75) is 104 Å². The lowest BCUT2D eigenvalue weighted by Gasteiger charge is -2.21. The van der Waals surface area contributed by atoms with Crippen LogP contribution in [0.15, 0.2) is 34.4 Å². The van der Waals surface area contributed by atoms with Crippen molar-refractivity contribution >= 4 is 12.1 Å². The third-order valence-corrected chi connectivity index (χ3v) is 4.95. The van der Waals surface area contributed by atoms with Crippen LogP contribution in [-0.4, -0.2) is 43.3 Å². The van der Waals surface area contributed by atoms with Gasteiger partial charge in [-0.2, -0.15) is 0 Å². The molecule has 5 heteroatoms. The van der Waals surface area contributed by atoms with Crippen molar-refractivity contribution in [2.75, 3.05) is 13.1 Å². The molecule has 4 N–H and O–H groups in total. The molecule has 5 nitrogen and oxygen atoms in total. The fourth-order valence-corrected chi connectivity index (χ4v) is 3.05. The fourth-order valence-electron chi connectivity index (χ4n) is 3.05. The summed E-state index contributed by atoms with van der Waals surface area (Å²) in [7, 11) is 0. The van der Waals surface area contributed by atoms with E-state index in [-0.39, 0.29) is 12.1 Å². The summed E-state index contributed by atoms with van der Waals surface area (Å²) in [5.74, 6) is 0.717. The normalized spacial score (nSPS) is 16.0. The van der Waals surface area contributed by atoms with E-state index < -0.39 is 0 Å². The Bertz CT molecular complexity index is 495. The van der Waals surface area contributed by atoms with Crippen LogP contribution < -0.4 is 16.4 Å². The molecule has 0 heterocycles. The number of nitrogens with one attached hydrogen (secondary N) is 2. The largest absolute Gasteiger partial charge is 0.386 e. The Kier molecular flexibility index (Phi) is 17.4. The van der Waals surface area contributed by atoms with Gasteiger partial charge in [0.15, 0.2) is 0 Å². The van der Waals surface area contributed by atoms with E-state index in [4.69, 9.17) is 5.73 Å². The predicted molar refractivity (Wildman–Crippen MR) is 131 cm³/mol. The third kappa shape index (κ3) is 13.3. The van der Waals surface area contributed by atoms with Crippen molar-refractivity contribution in [1.82, 2.24) is 10.6 Å². The van der Waals surface area contributed by atoms with E-state index in [9.17, 15) is 0 Å². The van der Waals surface area contributed by atoms with Crippen molar-refractivity contribution in [2.24, 2.45) is 15.7 Å². The van der Waals surface area contributed by atoms with E-state index in [0.29, 0.717) is 11.9 Å². The zero-order valence-corrected chi connectivity index (χ0v) is 19.7. The average molecular weight is 406 g/mol. The Balaban J connectivity index is 4.40. The van der Waals surface area contributed by atoms with Gasteiger partial charge in [-0.05, 0) is 51.4 Å². The SMILES string of the molecule is C=CC(CC)N/C(=C\CC)CCCCN=CC(CC)NC(CC)C(N)=NCCC. The second kappa shape index (κ2) is 18.4. The van der Waals surface area contributed by atoms with Gasteiger partial charge < -0.3 is 11.1 Å². The van der Waals surface area contributed by atoms with Crippen LogP contribution in [0.5, 0.6) is 0 Å². The highest BCUT2D eigenvalue weighted by Gasteiger charge is 2.14. The number of hydrogen-bond donors (Lipinski definition) is 3. The molecule has 0 aliphatic carbocycles. The van der Waals surface area contributed by atoms with Crippen LogP contribution in [0.3, 0.4) is 0 Å². The van der Waals surface area contributed by atoms with Crippen molar-refractivity contribution in [3.63, 3.8) is 0 Å². The number of unbranched alkanes of at least 4 members (excludes halogenated alkanes) is 1. The van der Waals surface area contributed by atoms with Crippen LogP contribution in [0.4, 0.5) is 0 Å². The topological polar surface area (TPSA) is 74.8 Å². The molecular weight excluding hydrogens is 358 g/mol. The predicted octanol–water partition coefficient (Wildman–Crippen LogP) is 4.99. The van der Waals surface area contributed by atoms with Gasteiger partial charge in [0, 0.05) is 37.1 Å². The van der Waals surface area contributed by atoms with Gasteiger partial charge in [-0.25, -0.2) is 0 Å². The molecule has 0 saturated carbocycles. The summed E-state index contributed by atoms with van der Waals surface area (Å²) < 4.78 is 0. The lowest BCUT2D eigenvalue weighted by molar-refractivity contribution is 0.545. The number of aliphatic imine (C=N–C) groups is 2. The van der Waals surface area contributed by atoms with Gasteiger partial charge >= 0.3 is 0 Å². The molecule has 168 valence electrons. The zero-order chi connectivity index (χ0) is 21.9. The second-order valence-electron chi connectivity index (χ2n) is 7.49. The lowest BCUT2D eigenvalue weighted by atomic mass is 10.1. The Labute approximate surface area is 180 Å². The van der Waals surface area contributed by atoms with Crippen LogP contribution in [-0.2, 0) is 0 Å². The molecule has 0 rings (SSSR count). The fraction of sp³-hybridized carbons (Fsp3) is 0.750. The molecule has 0 fully saturated rings. The monoisotopic (exact) mass is 405 g/mol. The number of nitrogens with zero attached hydrogens (tertiary/aromatic N) is 2. The van der Waals surface area contributed by atoms with Crippen LogP contribution >= 0.6 is 0 Å². The van der Waals surface area contributed by atoms with E-state index in [2.05, 4.69) is 74.1 Å². The number of allylic oxidation sites excluding steroid dienone is 2. The highest BCUT2D eigenvalue weighted by Crippen LogP contribution is 2.09. The summed E-state index contributed by atoms with van der Waals surface area (Å²) in [4.78, 5) is 9.12. The lowest BCUT2D eigenvalue weighted by Crippen LogP contribution is -2.46. The Morgan fingerprint density at radius 1 is 1.00 bits per heavy atom. The third-order valence-electron chi connectivity index (χ3n) is 4.95. The highest BCUT2D eigenvalue weighted by molar-refractivity contribution is 5.86. The van der Waals surface area contributed by atoms with E-state index in [1.807, 2.05) is 6.08 Å². The van der Waals surface area contributed by atoms with Crippen molar-refractivity contribution < 1.29 is 0 Å². The number of nitrogens with two attached hydrogens (primary N) is 1. The molecule has 0 aromatic heterocycles. The minimum Gasteiger partial charge on any atom is -0.386 e. The quantitative estimate of drug-likeness (QED) is 0.130. The van der Waals surface area contributed by atoms with E-state index in [1.165, 1.54) is 5.70 Å². The molecule has 0 spiro atoms. The smallest absolute Gasteiger partial charge is 0.111 e. The summed E-state index contributed by atoms with van der Waals surface area (Å²) in [6.45, 7) is 16.4. The number of rotatable bonds is 18. The van der Waals surface area contributed by atoms with Gasteiger partial charge in [0.05, 0.1) is 6.04 Å². The van der Waals surface area contributed by atoms with Gasteiger partial charge in [0.1, 0.15) is 5.84 Å². The first-order chi connectivity index (χ1) is 14.1. The maximum absolute atomic E-state index is 6.14. The molecule has 29 heavy (non-hydrogen) atoms. The standard InChI is InChI=1S/C24H47N5/c1-7-15-22(28-20(9-3)10-4)16-13-14-18-26-19-21(11-5)29-23(12-6)24(25)27-17-8-2/h9,15,19-21,23,28-29H,3,7-8,10-14,16-18H2,1-2,4-6H3,(H2,25,27)/b22-15-,26-19?. The molecule has 3 atom stereocenters. The first-order valence-corrected chi connectivity index (χ1v) is 11.7. The van der Waals surface area contributed by atoms with Crippen molar-refractivity contribution in [3.8, 4) is 0 Å². The first-order valence-electron chi connectivity index (χ1n) is 11.7. The van der Waals surface area contributed by atoms with E-state index in [1.54, 1.807) is 0 Å². The highest BCUT2D eigenvalue weighted by atomic mass is 15.0. The molecule has 3 unspecified atom stereocenters. The number of hydrogen-bond acceptors (Lipinski definition) is 4. The molecule has 0 amide bonds. The van der Waals surface area contributed by atoms with Gasteiger partial charge in [-0.3, -0.25) is 15.3 Å². The zero-order valence-electron chi connectivity index (χ0n) is 19.7. The Hall–Kier alpha value is -1.62. The molecule has 0 aromatic rings.